The first-order valence-corrected chi connectivity index (χ1v) is 7.41. The summed E-state index contributed by atoms with van der Waals surface area (Å²) in [7, 11) is 0. The molecule has 0 saturated heterocycles. The van der Waals surface area contributed by atoms with Gasteiger partial charge in [-0.05, 0) is 22.2 Å². The Labute approximate surface area is 123 Å². The maximum Gasteiger partial charge on any atom is 0.239 e. The van der Waals surface area contributed by atoms with E-state index in [0.29, 0.717) is 18.9 Å². The molecular weight excluding hydrogens is 252 g/mol. The standard InChI is InChI=1S/C16H30N2O2/c1-14(2,3)8-12(19)18-10-13(20)17-9-11-15(4,5)16(11,6)7/h11H,8-10H2,1-7H3,(H,17,20)(H,18,19). The first-order valence-electron chi connectivity index (χ1n) is 7.41. The molecule has 0 bridgehead atoms. The van der Waals surface area contributed by atoms with Crippen molar-refractivity contribution in [3.63, 3.8) is 0 Å². The molecule has 0 radical (unpaired) electrons. The molecule has 1 rings (SSSR count). The van der Waals surface area contributed by atoms with Crippen molar-refractivity contribution in [3.05, 3.63) is 0 Å². The molecule has 0 aromatic heterocycles. The Morgan fingerprint density at radius 1 is 0.950 bits per heavy atom. The molecule has 20 heavy (non-hydrogen) atoms. The third kappa shape index (κ3) is 3.97. The maximum atomic E-state index is 11.7. The predicted molar refractivity (Wildman–Crippen MR) is 81.1 cm³/mol. The maximum absolute atomic E-state index is 11.7. The molecule has 1 aliphatic carbocycles. The van der Waals surface area contributed by atoms with Crippen LogP contribution in [0.4, 0.5) is 0 Å². The third-order valence-corrected chi connectivity index (χ3v) is 4.96. The lowest BCUT2D eigenvalue weighted by Crippen LogP contribution is -2.39. The van der Waals surface area contributed by atoms with E-state index in [1.807, 2.05) is 20.8 Å². The molecule has 1 aliphatic rings. The number of amides is 2. The summed E-state index contributed by atoms with van der Waals surface area (Å²) in [6, 6.07) is 0. The summed E-state index contributed by atoms with van der Waals surface area (Å²) < 4.78 is 0. The molecule has 0 heterocycles. The van der Waals surface area contributed by atoms with E-state index in [2.05, 4.69) is 38.3 Å². The van der Waals surface area contributed by atoms with Crippen LogP contribution in [0.15, 0.2) is 0 Å². The number of carbonyl (C=O) groups is 2. The van der Waals surface area contributed by atoms with Gasteiger partial charge in [0.2, 0.25) is 11.8 Å². The summed E-state index contributed by atoms with van der Waals surface area (Å²) >= 11 is 0. The van der Waals surface area contributed by atoms with Gasteiger partial charge in [-0.3, -0.25) is 9.59 Å². The van der Waals surface area contributed by atoms with Crippen LogP contribution < -0.4 is 10.6 Å². The van der Waals surface area contributed by atoms with Crippen molar-refractivity contribution >= 4 is 11.8 Å². The van der Waals surface area contributed by atoms with Gasteiger partial charge < -0.3 is 10.6 Å². The molecule has 2 N–H and O–H groups in total. The van der Waals surface area contributed by atoms with Crippen LogP contribution in [-0.4, -0.2) is 24.9 Å². The van der Waals surface area contributed by atoms with Crippen LogP contribution in [0.3, 0.4) is 0 Å². The lowest BCUT2D eigenvalue weighted by atomic mass is 9.92. The van der Waals surface area contributed by atoms with Gasteiger partial charge in [0.05, 0.1) is 6.54 Å². The highest BCUT2D eigenvalue weighted by atomic mass is 16.2. The van der Waals surface area contributed by atoms with Crippen LogP contribution in [0, 0.1) is 22.2 Å². The summed E-state index contributed by atoms with van der Waals surface area (Å²) in [5.41, 5.74) is 0.494. The van der Waals surface area contributed by atoms with Gasteiger partial charge in [-0.25, -0.2) is 0 Å². The minimum absolute atomic E-state index is 0.0530. The lowest BCUT2D eigenvalue weighted by molar-refractivity contribution is -0.127. The molecule has 116 valence electrons. The molecule has 0 unspecified atom stereocenters. The zero-order valence-corrected chi connectivity index (χ0v) is 14.0. The molecule has 1 saturated carbocycles. The Hall–Kier alpha value is -1.06. The van der Waals surface area contributed by atoms with Crippen molar-refractivity contribution in [3.8, 4) is 0 Å². The normalized spacial score (nSPS) is 20.4. The van der Waals surface area contributed by atoms with Crippen molar-refractivity contribution in [2.75, 3.05) is 13.1 Å². The average Bonchev–Trinajstić information content (AvgIpc) is 2.61. The van der Waals surface area contributed by atoms with Crippen molar-refractivity contribution < 1.29 is 9.59 Å². The molecular formula is C16H30N2O2. The Morgan fingerprint density at radius 3 is 1.85 bits per heavy atom. The molecule has 1 fully saturated rings. The zero-order valence-electron chi connectivity index (χ0n) is 14.0. The minimum Gasteiger partial charge on any atom is -0.354 e. The van der Waals surface area contributed by atoms with E-state index in [0.717, 1.165) is 0 Å². The van der Waals surface area contributed by atoms with Crippen LogP contribution in [0.2, 0.25) is 0 Å². The van der Waals surface area contributed by atoms with Crippen molar-refractivity contribution in [1.82, 2.24) is 10.6 Å². The summed E-state index contributed by atoms with van der Waals surface area (Å²) in [5, 5.41) is 5.59. The fourth-order valence-corrected chi connectivity index (χ4v) is 2.84. The largest absolute Gasteiger partial charge is 0.354 e. The van der Waals surface area contributed by atoms with E-state index in [-0.39, 0.29) is 34.6 Å². The highest BCUT2D eigenvalue weighted by Crippen LogP contribution is 2.67. The van der Waals surface area contributed by atoms with Crippen molar-refractivity contribution in [2.24, 2.45) is 22.2 Å². The van der Waals surface area contributed by atoms with Gasteiger partial charge in [0.1, 0.15) is 0 Å². The van der Waals surface area contributed by atoms with Gasteiger partial charge in [0, 0.05) is 13.0 Å². The van der Waals surface area contributed by atoms with Crippen molar-refractivity contribution in [2.45, 2.75) is 54.9 Å². The Bertz CT molecular complexity index is 378. The first kappa shape index (κ1) is 17.0. The Balaban J connectivity index is 2.24. The molecule has 0 aliphatic heterocycles. The van der Waals surface area contributed by atoms with E-state index < -0.39 is 0 Å². The van der Waals surface area contributed by atoms with E-state index in [1.54, 1.807) is 0 Å². The van der Waals surface area contributed by atoms with Crippen LogP contribution in [-0.2, 0) is 9.59 Å². The van der Waals surface area contributed by atoms with Gasteiger partial charge >= 0.3 is 0 Å². The number of hydrogen-bond donors (Lipinski definition) is 2. The molecule has 0 aromatic carbocycles. The summed E-state index contributed by atoms with van der Waals surface area (Å²) in [5.74, 6) is 0.328. The van der Waals surface area contributed by atoms with Gasteiger partial charge in [0.15, 0.2) is 0 Å². The van der Waals surface area contributed by atoms with Gasteiger partial charge in [-0.15, -0.1) is 0 Å². The molecule has 0 aromatic rings. The molecule has 0 spiro atoms. The highest BCUT2D eigenvalue weighted by molar-refractivity contribution is 5.84. The second kappa shape index (κ2) is 5.38. The van der Waals surface area contributed by atoms with Crippen molar-refractivity contribution in [1.29, 1.82) is 0 Å². The average molecular weight is 282 g/mol. The zero-order chi connectivity index (χ0) is 15.8. The van der Waals surface area contributed by atoms with Gasteiger partial charge in [0.25, 0.3) is 0 Å². The topological polar surface area (TPSA) is 58.2 Å². The van der Waals surface area contributed by atoms with E-state index in [4.69, 9.17) is 0 Å². The number of rotatable bonds is 5. The Kier molecular flexibility index (Phi) is 4.57. The lowest BCUT2D eigenvalue weighted by Gasteiger charge is -2.17. The number of hydrogen-bond acceptors (Lipinski definition) is 2. The second-order valence-corrected chi connectivity index (χ2v) is 8.31. The van der Waals surface area contributed by atoms with Crippen LogP contribution in [0.1, 0.15) is 54.9 Å². The minimum atomic E-state index is -0.106. The number of nitrogens with one attached hydrogen (secondary N) is 2. The van der Waals surface area contributed by atoms with E-state index in [1.165, 1.54) is 0 Å². The summed E-state index contributed by atoms with van der Waals surface area (Å²) in [6.45, 7) is 15.7. The Morgan fingerprint density at radius 2 is 1.45 bits per heavy atom. The molecule has 4 nitrogen and oxygen atoms in total. The molecule has 2 amide bonds. The first-order chi connectivity index (χ1) is 8.88. The van der Waals surface area contributed by atoms with E-state index in [9.17, 15) is 9.59 Å². The fraction of sp³-hybridized carbons (Fsp3) is 0.875. The van der Waals surface area contributed by atoms with Gasteiger partial charge in [-0.1, -0.05) is 48.5 Å². The predicted octanol–water partition coefficient (Wildman–Crippen LogP) is 2.34. The molecule has 0 atom stereocenters. The van der Waals surface area contributed by atoms with E-state index >= 15 is 0 Å². The third-order valence-electron chi connectivity index (χ3n) is 4.96. The fourth-order valence-electron chi connectivity index (χ4n) is 2.84. The van der Waals surface area contributed by atoms with Crippen LogP contribution in [0.5, 0.6) is 0 Å². The second-order valence-electron chi connectivity index (χ2n) is 8.31. The monoisotopic (exact) mass is 282 g/mol. The van der Waals surface area contributed by atoms with Crippen LogP contribution >= 0.6 is 0 Å². The molecule has 4 heteroatoms. The highest BCUT2D eigenvalue weighted by Gasteiger charge is 2.64. The van der Waals surface area contributed by atoms with Gasteiger partial charge in [-0.2, -0.15) is 0 Å². The SMILES string of the molecule is CC(C)(C)CC(=O)NCC(=O)NCC1C(C)(C)C1(C)C. The number of carbonyl (C=O) groups excluding carboxylic acids is 2. The summed E-state index contributed by atoms with van der Waals surface area (Å²) in [6.07, 6.45) is 0.433. The quantitative estimate of drug-likeness (QED) is 0.813. The smallest absolute Gasteiger partial charge is 0.239 e. The summed E-state index contributed by atoms with van der Waals surface area (Å²) in [4.78, 5) is 23.4. The van der Waals surface area contributed by atoms with Crippen LogP contribution in [0.25, 0.3) is 0 Å².